The van der Waals surface area contributed by atoms with Crippen molar-refractivity contribution in [3.05, 3.63) is 63.2 Å². The minimum absolute atomic E-state index is 0.0981. The third-order valence-corrected chi connectivity index (χ3v) is 4.17. The molecule has 2 aromatic rings. The summed E-state index contributed by atoms with van der Waals surface area (Å²) in [5, 5.41) is 25.5. The molecule has 0 radical (unpaired) electrons. The first-order valence-electron chi connectivity index (χ1n) is 8.95. The van der Waals surface area contributed by atoms with Gasteiger partial charge < -0.3 is 20.5 Å². The van der Waals surface area contributed by atoms with Crippen LogP contribution in [0.3, 0.4) is 0 Å². The summed E-state index contributed by atoms with van der Waals surface area (Å²) in [6.07, 6.45) is -1.13. The zero-order chi connectivity index (χ0) is 21.6. The molecule has 154 valence electrons. The molecule has 0 aliphatic rings. The Morgan fingerprint density at radius 2 is 1.90 bits per heavy atom. The van der Waals surface area contributed by atoms with Gasteiger partial charge >= 0.3 is 5.97 Å². The zero-order valence-corrected chi connectivity index (χ0v) is 16.4. The van der Waals surface area contributed by atoms with E-state index in [0.29, 0.717) is 5.69 Å². The van der Waals surface area contributed by atoms with Gasteiger partial charge in [0.25, 0.3) is 11.6 Å². The van der Waals surface area contributed by atoms with E-state index in [0.717, 1.165) is 17.2 Å². The molecule has 1 atom stereocenters. The maximum absolute atomic E-state index is 12.6. The molecule has 0 spiro atoms. The summed E-state index contributed by atoms with van der Waals surface area (Å²) in [5.41, 5.74) is 2.30. The summed E-state index contributed by atoms with van der Waals surface area (Å²) >= 11 is 0. The normalized spacial score (nSPS) is 11.4. The number of aliphatic hydroxyl groups is 1. The van der Waals surface area contributed by atoms with Crippen LogP contribution in [0.2, 0.25) is 0 Å². The third-order valence-electron chi connectivity index (χ3n) is 4.17. The molecule has 0 heterocycles. The fourth-order valence-electron chi connectivity index (χ4n) is 2.54. The molecule has 0 bridgehead atoms. The van der Waals surface area contributed by atoms with Gasteiger partial charge in [-0.05, 0) is 44.0 Å². The SMILES string of the molecule is Cc1ccc(C)c(NC(=O)[C@@H](C)OC(=O)c2cc([N+](=O)[O-])ccc2NCCO)c1. The van der Waals surface area contributed by atoms with Crippen LogP contribution >= 0.6 is 0 Å². The number of non-ortho nitro benzene ring substituents is 1. The number of nitro groups is 1. The molecule has 9 nitrogen and oxygen atoms in total. The van der Waals surface area contributed by atoms with Gasteiger partial charge in [0.05, 0.1) is 17.1 Å². The minimum Gasteiger partial charge on any atom is -0.449 e. The minimum atomic E-state index is -1.13. The highest BCUT2D eigenvalue weighted by atomic mass is 16.6. The molecule has 0 unspecified atom stereocenters. The number of carbonyl (C=O) groups is 2. The Balaban J connectivity index is 2.17. The van der Waals surface area contributed by atoms with E-state index in [2.05, 4.69) is 10.6 Å². The van der Waals surface area contributed by atoms with Gasteiger partial charge in [0.1, 0.15) is 0 Å². The number of nitro benzene ring substituents is 1. The smallest absolute Gasteiger partial charge is 0.341 e. The number of benzene rings is 2. The molecule has 29 heavy (non-hydrogen) atoms. The van der Waals surface area contributed by atoms with E-state index in [1.807, 2.05) is 26.0 Å². The Morgan fingerprint density at radius 1 is 1.17 bits per heavy atom. The number of ether oxygens (including phenoxy) is 1. The van der Waals surface area contributed by atoms with Crippen LogP contribution in [0.15, 0.2) is 36.4 Å². The first-order chi connectivity index (χ1) is 13.7. The average molecular weight is 401 g/mol. The maximum Gasteiger partial charge on any atom is 0.341 e. The van der Waals surface area contributed by atoms with Crippen LogP contribution in [0.25, 0.3) is 0 Å². The first-order valence-corrected chi connectivity index (χ1v) is 8.95. The number of hydrogen-bond donors (Lipinski definition) is 3. The number of nitrogens with one attached hydrogen (secondary N) is 2. The number of aliphatic hydroxyl groups excluding tert-OH is 1. The number of amides is 1. The van der Waals surface area contributed by atoms with E-state index in [4.69, 9.17) is 9.84 Å². The molecular formula is C20H23N3O6. The van der Waals surface area contributed by atoms with Crippen molar-refractivity contribution in [3.63, 3.8) is 0 Å². The predicted octanol–water partition coefficient (Wildman–Crippen LogP) is 2.80. The number of rotatable bonds is 8. The second kappa shape index (κ2) is 9.65. The molecule has 0 aliphatic carbocycles. The third kappa shape index (κ3) is 5.76. The van der Waals surface area contributed by atoms with Crippen LogP contribution in [-0.4, -0.2) is 41.2 Å². The molecule has 2 aromatic carbocycles. The van der Waals surface area contributed by atoms with Gasteiger partial charge in [0.2, 0.25) is 0 Å². The summed E-state index contributed by atoms with van der Waals surface area (Å²) in [6.45, 7) is 5.09. The first kappa shape index (κ1) is 21.8. The van der Waals surface area contributed by atoms with Crippen LogP contribution in [0, 0.1) is 24.0 Å². The second-order valence-electron chi connectivity index (χ2n) is 6.49. The number of aryl methyl sites for hydroxylation is 2. The van der Waals surface area contributed by atoms with Gasteiger partial charge in [-0.15, -0.1) is 0 Å². The zero-order valence-electron chi connectivity index (χ0n) is 16.4. The number of anilines is 2. The van der Waals surface area contributed by atoms with E-state index >= 15 is 0 Å². The maximum atomic E-state index is 12.6. The Morgan fingerprint density at radius 3 is 2.55 bits per heavy atom. The Labute approximate surface area is 167 Å². The van der Waals surface area contributed by atoms with E-state index in [9.17, 15) is 19.7 Å². The molecule has 9 heteroatoms. The highest BCUT2D eigenvalue weighted by Crippen LogP contribution is 2.24. The highest BCUT2D eigenvalue weighted by Gasteiger charge is 2.23. The van der Waals surface area contributed by atoms with Crippen molar-refractivity contribution in [2.24, 2.45) is 0 Å². The highest BCUT2D eigenvalue weighted by molar-refractivity contribution is 6.00. The molecule has 1 amide bonds. The van der Waals surface area contributed by atoms with Gasteiger partial charge in [-0.25, -0.2) is 4.79 Å². The van der Waals surface area contributed by atoms with Crippen molar-refractivity contribution in [1.29, 1.82) is 0 Å². The van der Waals surface area contributed by atoms with Crippen molar-refractivity contribution in [1.82, 2.24) is 0 Å². The summed E-state index contributed by atoms with van der Waals surface area (Å²) in [5.74, 6) is -1.42. The topological polar surface area (TPSA) is 131 Å². The van der Waals surface area contributed by atoms with Crippen LogP contribution in [0.5, 0.6) is 0 Å². The lowest BCUT2D eigenvalue weighted by molar-refractivity contribution is -0.384. The van der Waals surface area contributed by atoms with Gasteiger partial charge in [-0.1, -0.05) is 12.1 Å². The van der Waals surface area contributed by atoms with Crippen molar-refractivity contribution in [3.8, 4) is 0 Å². The molecule has 2 rings (SSSR count). The summed E-state index contributed by atoms with van der Waals surface area (Å²) < 4.78 is 5.22. The predicted molar refractivity (Wildman–Crippen MR) is 108 cm³/mol. The second-order valence-corrected chi connectivity index (χ2v) is 6.49. The van der Waals surface area contributed by atoms with Crippen LogP contribution in [-0.2, 0) is 9.53 Å². The van der Waals surface area contributed by atoms with Gasteiger partial charge in [-0.2, -0.15) is 0 Å². The fourth-order valence-corrected chi connectivity index (χ4v) is 2.54. The van der Waals surface area contributed by atoms with E-state index in [1.165, 1.54) is 19.1 Å². The van der Waals surface area contributed by atoms with E-state index < -0.39 is 22.9 Å². The molecule has 3 N–H and O–H groups in total. The van der Waals surface area contributed by atoms with Gasteiger partial charge in [0.15, 0.2) is 6.10 Å². The Kier molecular flexibility index (Phi) is 7.27. The van der Waals surface area contributed by atoms with Gasteiger partial charge in [0, 0.05) is 30.1 Å². The number of hydrogen-bond acceptors (Lipinski definition) is 7. The number of nitrogens with zero attached hydrogens (tertiary/aromatic N) is 1. The molecule has 0 saturated heterocycles. The number of esters is 1. The van der Waals surface area contributed by atoms with Gasteiger partial charge in [-0.3, -0.25) is 14.9 Å². The van der Waals surface area contributed by atoms with E-state index in [-0.39, 0.29) is 30.1 Å². The van der Waals surface area contributed by atoms with Crippen molar-refractivity contribution in [2.45, 2.75) is 26.9 Å². The molecule has 0 aromatic heterocycles. The van der Waals surface area contributed by atoms with Crippen LogP contribution in [0.4, 0.5) is 17.1 Å². The van der Waals surface area contributed by atoms with Crippen LogP contribution < -0.4 is 10.6 Å². The number of carbonyl (C=O) groups excluding carboxylic acids is 2. The molecule has 0 aliphatic heterocycles. The monoisotopic (exact) mass is 401 g/mol. The quantitative estimate of drug-likeness (QED) is 0.352. The fraction of sp³-hybridized carbons (Fsp3) is 0.300. The standard InChI is InChI=1S/C20H23N3O6/c1-12-4-5-13(2)18(10-12)22-19(25)14(3)29-20(26)16-11-15(23(27)28)6-7-17(16)21-8-9-24/h4-7,10-11,14,21,24H,8-9H2,1-3H3,(H,22,25)/t14-/m1/s1. The lowest BCUT2D eigenvalue weighted by Gasteiger charge is -2.16. The summed E-state index contributed by atoms with van der Waals surface area (Å²) in [6, 6.07) is 9.23. The molecule has 0 fully saturated rings. The van der Waals surface area contributed by atoms with Crippen LogP contribution in [0.1, 0.15) is 28.4 Å². The molecule has 0 saturated carbocycles. The Hall–Kier alpha value is -3.46. The summed E-state index contributed by atoms with van der Waals surface area (Å²) in [4.78, 5) is 35.4. The van der Waals surface area contributed by atoms with E-state index in [1.54, 1.807) is 6.07 Å². The lowest BCUT2D eigenvalue weighted by Crippen LogP contribution is -2.30. The van der Waals surface area contributed by atoms with Crippen molar-refractivity contribution < 1.29 is 24.4 Å². The Bertz CT molecular complexity index is 928. The molecular weight excluding hydrogens is 378 g/mol. The lowest BCUT2D eigenvalue weighted by atomic mass is 10.1. The summed E-state index contributed by atoms with van der Waals surface area (Å²) in [7, 11) is 0. The largest absolute Gasteiger partial charge is 0.449 e. The van der Waals surface area contributed by atoms with Crippen molar-refractivity contribution in [2.75, 3.05) is 23.8 Å². The average Bonchev–Trinajstić information content (AvgIpc) is 2.68. The van der Waals surface area contributed by atoms with Crippen molar-refractivity contribution >= 4 is 28.9 Å².